The third-order valence-electron chi connectivity index (χ3n) is 4.31. The molecular weight excluding hydrogens is 296 g/mol. The van der Waals surface area contributed by atoms with Crippen molar-refractivity contribution in [2.75, 3.05) is 0 Å². The molecule has 4 rings (SSSR count). The molecule has 118 valence electrons. The number of aromatic amines is 1. The lowest BCUT2D eigenvalue weighted by molar-refractivity contribution is 0.0933. The lowest BCUT2D eigenvalue weighted by Gasteiger charge is -2.16. The number of fused-ring (bicyclic) bond motifs is 2. The van der Waals surface area contributed by atoms with Crippen LogP contribution < -0.4 is 11.0 Å². The number of amides is 1. The van der Waals surface area contributed by atoms with Crippen LogP contribution in [0.2, 0.25) is 0 Å². The first-order chi connectivity index (χ1) is 11.2. The van der Waals surface area contributed by atoms with Crippen molar-refractivity contribution < 1.29 is 9.21 Å². The Morgan fingerprint density at radius 2 is 2.26 bits per heavy atom. The van der Waals surface area contributed by atoms with E-state index in [9.17, 15) is 9.59 Å². The van der Waals surface area contributed by atoms with Gasteiger partial charge in [0.15, 0.2) is 0 Å². The van der Waals surface area contributed by atoms with Crippen LogP contribution in [0.5, 0.6) is 0 Å². The molecule has 2 N–H and O–H groups in total. The predicted molar refractivity (Wildman–Crippen MR) is 83.3 cm³/mol. The first kappa shape index (κ1) is 13.8. The second-order valence-electron chi connectivity index (χ2n) is 5.77. The molecule has 23 heavy (non-hydrogen) atoms. The van der Waals surface area contributed by atoms with Crippen molar-refractivity contribution >= 4 is 16.9 Å². The summed E-state index contributed by atoms with van der Waals surface area (Å²) in [5, 5.41) is 10.5. The highest BCUT2D eigenvalue weighted by atomic mass is 16.3. The number of carbonyl (C=O) groups is 1. The molecule has 7 heteroatoms. The number of nitrogens with zero attached hydrogens (tertiary/aromatic N) is 2. The van der Waals surface area contributed by atoms with E-state index in [4.69, 9.17) is 4.42 Å². The average molecular weight is 312 g/mol. The first-order valence-corrected chi connectivity index (χ1v) is 7.63. The molecule has 2 aromatic heterocycles. The number of aromatic nitrogens is 3. The van der Waals surface area contributed by atoms with Crippen LogP contribution in [0.3, 0.4) is 0 Å². The molecule has 1 atom stereocenters. The van der Waals surface area contributed by atoms with Crippen molar-refractivity contribution in [3.8, 4) is 0 Å². The van der Waals surface area contributed by atoms with Gasteiger partial charge in [0.1, 0.15) is 11.4 Å². The Morgan fingerprint density at radius 3 is 3.17 bits per heavy atom. The molecule has 0 saturated carbocycles. The Bertz CT molecular complexity index is 921. The van der Waals surface area contributed by atoms with E-state index in [-0.39, 0.29) is 17.6 Å². The molecule has 0 fully saturated rings. The second-order valence-corrected chi connectivity index (χ2v) is 5.77. The zero-order valence-corrected chi connectivity index (χ0v) is 12.4. The van der Waals surface area contributed by atoms with Crippen molar-refractivity contribution in [2.45, 2.75) is 31.8 Å². The summed E-state index contributed by atoms with van der Waals surface area (Å²) in [5.41, 5.74) is 1.09. The Hall–Kier alpha value is -2.83. The lowest BCUT2D eigenvalue weighted by atomic mass is 10.1. The number of benzene rings is 1. The fraction of sp³-hybridized carbons (Fsp3) is 0.312. The highest BCUT2D eigenvalue weighted by Gasteiger charge is 2.20. The van der Waals surface area contributed by atoms with Crippen LogP contribution in [0.15, 0.2) is 39.7 Å². The lowest BCUT2D eigenvalue weighted by Crippen LogP contribution is -2.35. The zero-order chi connectivity index (χ0) is 15.8. The molecule has 1 unspecified atom stereocenters. The second kappa shape index (κ2) is 5.42. The molecule has 0 spiro atoms. The number of hydrogen-bond donors (Lipinski definition) is 2. The van der Waals surface area contributed by atoms with Crippen LogP contribution in [-0.2, 0) is 13.0 Å². The molecule has 3 heterocycles. The third-order valence-corrected chi connectivity index (χ3v) is 4.31. The highest BCUT2D eigenvalue weighted by Crippen LogP contribution is 2.18. The monoisotopic (exact) mass is 312 g/mol. The summed E-state index contributed by atoms with van der Waals surface area (Å²) in [7, 11) is 0. The maximum absolute atomic E-state index is 12.4. The molecule has 1 aliphatic rings. The summed E-state index contributed by atoms with van der Waals surface area (Å²) >= 11 is 0. The molecule has 3 aromatic rings. The van der Waals surface area contributed by atoms with Gasteiger partial charge in [-0.1, -0.05) is 6.07 Å². The van der Waals surface area contributed by atoms with Gasteiger partial charge in [0.05, 0.1) is 6.26 Å². The topological polar surface area (TPSA) is 92.9 Å². The minimum absolute atomic E-state index is 0.0240. The molecule has 7 nitrogen and oxygen atoms in total. The third kappa shape index (κ3) is 2.54. The standard InChI is InChI=1S/C16H16N4O3/c21-15(11-2-1-10-6-8-23-13(10)9-11)17-12-3-4-14-18-19-16(22)20(14)7-5-12/h1-2,6,8-9,12H,3-5,7H2,(H,17,21)(H,19,22). The fourth-order valence-corrected chi connectivity index (χ4v) is 3.01. The minimum Gasteiger partial charge on any atom is -0.464 e. The number of H-pyrrole nitrogens is 1. The molecule has 0 saturated heterocycles. The summed E-state index contributed by atoms with van der Waals surface area (Å²) in [4.78, 5) is 24.0. The van der Waals surface area contributed by atoms with Crippen LogP contribution >= 0.6 is 0 Å². The van der Waals surface area contributed by atoms with Crippen molar-refractivity contribution in [1.82, 2.24) is 20.1 Å². The van der Waals surface area contributed by atoms with Crippen molar-refractivity contribution in [3.05, 3.63) is 52.4 Å². The highest BCUT2D eigenvalue weighted by molar-refractivity contribution is 5.97. The Labute approximate surface area is 131 Å². The van der Waals surface area contributed by atoms with Crippen molar-refractivity contribution in [1.29, 1.82) is 0 Å². The van der Waals surface area contributed by atoms with Crippen LogP contribution in [-0.4, -0.2) is 26.7 Å². The van der Waals surface area contributed by atoms with Crippen molar-refractivity contribution in [3.63, 3.8) is 0 Å². The van der Waals surface area contributed by atoms with Gasteiger partial charge in [-0.3, -0.25) is 9.36 Å². The van der Waals surface area contributed by atoms with Gasteiger partial charge in [-0.15, -0.1) is 0 Å². The van der Waals surface area contributed by atoms with Crippen LogP contribution in [0.4, 0.5) is 0 Å². The van der Waals surface area contributed by atoms with Gasteiger partial charge in [0.25, 0.3) is 5.91 Å². The van der Waals surface area contributed by atoms with E-state index in [2.05, 4.69) is 15.5 Å². The van der Waals surface area contributed by atoms with E-state index in [1.54, 1.807) is 23.0 Å². The zero-order valence-electron chi connectivity index (χ0n) is 12.4. The van der Waals surface area contributed by atoms with Crippen LogP contribution in [0.25, 0.3) is 11.0 Å². The van der Waals surface area contributed by atoms with Gasteiger partial charge in [-0.05, 0) is 31.0 Å². The minimum atomic E-state index is -0.185. The largest absolute Gasteiger partial charge is 0.464 e. The van der Waals surface area contributed by atoms with Crippen LogP contribution in [0, 0.1) is 0 Å². The van der Waals surface area contributed by atoms with E-state index >= 15 is 0 Å². The number of hydrogen-bond acceptors (Lipinski definition) is 4. The molecule has 1 amide bonds. The molecule has 0 radical (unpaired) electrons. The van der Waals surface area contributed by atoms with Gasteiger partial charge in [0, 0.05) is 30.0 Å². The summed E-state index contributed by atoms with van der Waals surface area (Å²) in [6.07, 6.45) is 3.75. The fourth-order valence-electron chi connectivity index (χ4n) is 3.01. The Balaban J connectivity index is 1.47. The quantitative estimate of drug-likeness (QED) is 0.749. The van der Waals surface area contributed by atoms with Gasteiger partial charge in [0.2, 0.25) is 0 Å². The number of furan rings is 1. The molecule has 1 aliphatic heterocycles. The van der Waals surface area contributed by atoms with Crippen molar-refractivity contribution in [2.24, 2.45) is 0 Å². The summed E-state index contributed by atoms with van der Waals surface area (Å²) < 4.78 is 6.97. The Morgan fingerprint density at radius 1 is 1.35 bits per heavy atom. The van der Waals surface area contributed by atoms with Gasteiger partial charge < -0.3 is 9.73 Å². The molecule has 0 aliphatic carbocycles. The normalized spacial score (nSPS) is 17.7. The summed E-state index contributed by atoms with van der Waals surface area (Å²) in [6.45, 7) is 0.562. The van der Waals surface area contributed by atoms with E-state index in [1.807, 2.05) is 12.1 Å². The number of carbonyl (C=O) groups excluding carboxylic acids is 1. The number of aryl methyl sites for hydroxylation is 1. The smallest absolute Gasteiger partial charge is 0.343 e. The summed E-state index contributed by atoms with van der Waals surface area (Å²) in [5.74, 6) is 0.630. The first-order valence-electron chi connectivity index (χ1n) is 7.63. The number of rotatable bonds is 2. The van der Waals surface area contributed by atoms with Gasteiger partial charge in [-0.2, -0.15) is 5.10 Å². The predicted octanol–water partition coefficient (Wildman–Crippen LogP) is 1.45. The van der Waals surface area contributed by atoms with E-state index in [1.165, 1.54) is 0 Å². The average Bonchev–Trinajstić information content (AvgIpc) is 3.10. The maximum Gasteiger partial charge on any atom is 0.343 e. The molecule has 0 bridgehead atoms. The van der Waals surface area contributed by atoms with Gasteiger partial charge in [-0.25, -0.2) is 9.89 Å². The Kier molecular flexibility index (Phi) is 3.25. The van der Waals surface area contributed by atoms with E-state index < -0.39 is 0 Å². The van der Waals surface area contributed by atoms with Crippen LogP contribution in [0.1, 0.15) is 29.0 Å². The SMILES string of the molecule is O=C(NC1CCc2n[nH]c(=O)n2CC1)c1ccc2ccoc2c1. The van der Waals surface area contributed by atoms with E-state index in [0.29, 0.717) is 30.5 Å². The summed E-state index contributed by atoms with van der Waals surface area (Å²) in [6, 6.07) is 7.30. The van der Waals surface area contributed by atoms with E-state index in [0.717, 1.165) is 17.6 Å². The number of nitrogens with one attached hydrogen (secondary N) is 2. The maximum atomic E-state index is 12.4. The molecular formula is C16H16N4O3. The van der Waals surface area contributed by atoms with Gasteiger partial charge >= 0.3 is 5.69 Å². The molecule has 1 aromatic carbocycles.